The zero-order valence-electron chi connectivity index (χ0n) is 15.6. The zero-order chi connectivity index (χ0) is 19.5. The second kappa shape index (κ2) is 7.52. The van der Waals surface area contributed by atoms with Gasteiger partial charge < -0.3 is 14.0 Å². The van der Waals surface area contributed by atoms with E-state index < -0.39 is 0 Å². The zero-order valence-corrected chi connectivity index (χ0v) is 15.6. The summed E-state index contributed by atoms with van der Waals surface area (Å²) in [4.78, 5) is 20.6. The van der Waals surface area contributed by atoms with Gasteiger partial charge in [0.2, 0.25) is 5.88 Å². The number of nitrogens with zero attached hydrogens (tertiary/aromatic N) is 3. The lowest BCUT2D eigenvalue weighted by atomic mass is 10.1. The molecule has 0 bridgehead atoms. The number of rotatable bonds is 5. The van der Waals surface area contributed by atoms with Crippen molar-refractivity contribution in [1.82, 2.24) is 14.5 Å². The van der Waals surface area contributed by atoms with Gasteiger partial charge in [-0.15, -0.1) is 0 Å². The summed E-state index contributed by atoms with van der Waals surface area (Å²) in [7, 11) is 1.95. The first-order valence-corrected chi connectivity index (χ1v) is 8.98. The molecule has 0 aliphatic heterocycles. The van der Waals surface area contributed by atoms with Crippen molar-refractivity contribution in [1.29, 1.82) is 0 Å². The minimum atomic E-state index is -0.377. The first kappa shape index (κ1) is 17.7. The van der Waals surface area contributed by atoms with Crippen LogP contribution in [0.5, 0.6) is 11.6 Å². The van der Waals surface area contributed by atoms with E-state index in [0.717, 1.165) is 27.5 Å². The predicted octanol–water partition coefficient (Wildman–Crippen LogP) is 4.49. The molecule has 0 spiro atoms. The lowest BCUT2D eigenvalue weighted by molar-refractivity contribution is -0.137. The van der Waals surface area contributed by atoms with Gasteiger partial charge in [-0.25, -0.2) is 14.8 Å². The van der Waals surface area contributed by atoms with E-state index in [1.54, 1.807) is 19.2 Å². The molecule has 4 aromatic rings. The number of aryl methyl sites for hydroxylation is 1. The number of aromatic nitrogens is 3. The quantitative estimate of drug-likeness (QED) is 0.381. The normalized spacial score (nSPS) is 11.4. The van der Waals surface area contributed by atoms with Crippen LogP contribution in [0, 0.1) is 0 Å². The van der Waals surface area contributed by atoms with Crippen LogP contribution in [-0.4, -0.2) is 27.1 Å². The molecule has 0 fully saturated rings. The van der Waals surface area contributed by atoms with Crippen molar-refractivity contribution in [3.05, 3.63) is 66.5 Å². The summed E-state index contributed by atoms with van der Waals surface area (Å²) >= 11 is 0. The maximum Gasteiger partial charge on any atom is 0.330 e. The molecule has 140 valence electrons. The van der Waals surface area contributed by atoms with Gasteiger partial charge in [0.15, 0.2) is 0 Å². The third-order valence-electron chi connectivity index (χ3n) is 4.33. The molecule has 2 aromatic carbocycles. The summed E-state index contributed by atoms with van der Waals surface area (Å²) in [6.07, 6.45) is 6.71. The van der Waals surface area contributed by atoms with Crippen molar-refractivity contribution >= 4 is 34.0 Å². The number of benzene rings is 2. The van der Waals surface area contributed by atoms with E-state index in [1.165, 1.54) is 6.08 Å². The molecular formula is C22H19N3O3. The fraction of sp³-hybridized carbons (Fsp3) is 0.136. The smallest absolute Gasteiger partial charge is 0.330 e. The Balaban J connectivity index is 1.74. The van der Waals surface area contributed by atoms with Gasteiger partial charge in [0.05, 0.1) is 29.4 Å². The van der Waals surface area contributed by atoms with Crippen molar-refractivity contribution in [2.45, 2.75) is 6.92 Å². The Bertz CT molecular complexity index is 1190. The maximum absolute atomic E-state index is 11.7. The highest BCUT2D eigenvalue weighted by molar-refractivity contribution is 5.97. The van der Waals surface area contributed by atoms with Crippen molar-refractivity contribution in [2.24, 2.45) is 7.05 Å². The Labute approximate surface area is 162 Å². The van der Waals surface area contributed by atoms with Gasteiger partial charge in [0.1, 0.15) is 5.75 Å². The number of fused-ring (bicyclic) bond motifs is 2. The fourth-order valence-electron chi connectivity index (χ4n) is 3.11. The second-order valence-corrected chi connectivity index (χ2v) is 6.23. The summed E-state index contributed by atoms with van der Waals surface area (Å²) in [6.45, 7) is 2.12. The first-order valence-electron chi connectivity index (χ1n) is 8.98. The van der Waals surface area contributed by atoms with Crippen LogP contribution in [-0.2, 0) is 16.6 Å². The van der Waals surface area contributed by atoms with Gasteiger partial charge in [-0.1, -0.05) is 18.2 Å². The predicted molar refractivity (Wildman–Crippen MR) is 108 cm³/mol. The van der Waals surface area contributed by atoms with Crippen LogP contribution in [0.3, 0.4) is 0 Å². The first-order chi connectivity index (χ1) is 13.7. The Hall–Kier alpha value is -3.67. The summed E-state index contributed by atoms with van der Waals surface area (Å²) in [5.41, 5.74) is 3.41. The molecule has 0 atom stereocenters. The molecule has 28 heavy (non-hydrogen) atoms. The van der Waals surface area contributed by atoms with Crippen molar-refractivity contribution < 1.29 is 14.3 Å². The lowest BCUT2D eigenvalue weighted by Gasteiger charge is -2.08. The highest BCUT2D eigenvalue weighted by Gasteiger charge is 2.12. The molecular weight excluding hydrogens is 354 g/mol. The molecule has 0 aliphatic rings. The molecule has 0 N–H and O–H groups in total. The van der Waals surface area contributed by atoms with Gasteiger partial charge in [-0.05, 0) is 37.3 Å². The molecule has 0 aliphatic carbocycles. The second-order valence-electron chi connectivity index (χ2n) is 6.23. The van der Waals surface area contributed by atoms with E-state index in [4.69, 9.17) is 9.47 Å². The molecule has 6 heteroatoms. The molecule has 0 saturated heterocycles. The van der Waals surface area contributed by atoms with Crippen LogP contribution < -0.4 is 4.74 Å². The molecule has 6 nitrogen and oxygen atoms in total. The van der Waals surface area contributed by atoms with Gasteiger partial charge in [0.25, 0.3) is 0 Å². The Morgan fingerprint density at radius 3 is 2.79 bits per heavy atom. The van der Waals surface area contributed by atoms with Crippen LogP contribution in [0.1, 0.15) is 12.5 Å². The number of carbonyl (C=O) groups is 1. The molecule has 0 saturated carbocycles. The largest absolute Gasteiger partial charge is 0.463 e. The van der Waals surface area contributed by atoms with Crippen LogP contribution in [0.15, 0.2) is 60.9 Å². The third kappa shape index (κ3) is 3.44. The van der Waals surface area contributed by atoms with Crippen LogP contribution in [0.2, 0.25) is 0 Å². The SMILES string of the molecule is CCOC(=O)C=Cc1cn(C)c2cccc(Oc3cnc4ccccc4n3)c12. The van der Waals surface area contributed by atoms with Gasteiger partial charge in [-0.2, -0.15) is 0 Å². The van der Waals surface area contributed by atoms with Gasteiger partial charge in [0, 0.05) is 30.3 Å². The molecule has 0 radical (unpaired) electrons. The maximum atomic E-state index is 11.7. The van der Waals surface area contributed by atoms with E-state index in [2.05, 4.69) is 9.97 Å². The summed E-state index contributed by atoms with van der Waals surface area (Å²) in [5, 5.41) is 0.889. The number of carbonyl (C=O) groups excluding carboxylic acids is 1. The standard InChI is InChI=1S/C22H19N3O3/c1-3-27-21(26)12-11-15-14-25(2)18-9-6-10-19(22(15)18)28-20-13-23-16-7-4-5-8-17(16)24-20/h4-14H,3H2,1-2H3. The summed E-state index contributed by atoms with van der Waals surface area (Å²) < 4.78 is 13.0. The molecule has 2 aromatic heterocycles. The van der Waals surface area contributed by atoms with E-state index in [-0.39, 0.29) is 5.97 Å². The Kier molecular flexibility index (Phi) is 4.76. The number of ether oxygens (including phenoxy) is 2. The number of hydrogen-bond acceptors (Lipinski definition) is 5. The molecule has 2 heterocycles. The van der Waals surface area contributed by atoms with E-state index in [1.807, 2.05) is 60.3 Å². The number of esters is 1. The minimum absolute atomic E-state index is 0.341. The highest BCUT2D eigenvalue weighted by atomic mass is 16.5. The molecule has 4 rings (SSSR count). The van der Waals surface area contributed by atoms with E-state index in [9.17, 15) is 4.79 Å². The monoisotopic (exact) mass is 373 g/mol. The number of para-hydroxylation sites is 2. The Morgan fingerprint density at radius 1 is 1.14 bits per heavy atom. The van der Waals surface area contributed by atoms with Crippen LogP contribution >= 0.6 is 0 Å². The molecule has 0 unspecified atom stereocenters. The minimum Gasteiger partial charge on any atom is -0.463 e. The Morgan fingerprint density at radius 2 is 1.96 bits per heavy atom. The third-order valence-corrected chi connectivity index (χ3v) is 4.33. The van der Waals surface area contributed by atoms with Crippen LogP contribution in [0.4, 0.5) is 0 Å². The van der Waals surface area contributed by atoms with Crippen LogP contribution in [0.25, 0.3) is 28.0 Å². The lowest BCUT2D eigenvalue weighted by Crippen LogP contribution is -1.98. The van der Waals surface area contributed by atoms with E-state index >= 15 is 0 Å². The number of hydrogen-bond donors (Lipinski definition) is 0. The average Bonchev–Trinajstić information content (AvgIpc) is 3.03. The summed E-state index contributed by atoms with van der Waals surface area (Å²) in [6, 6.07) is 13.4. The highest BCUT2D eigenvalue weighted by Crippen LogP contribution is 2.33. The average molecular weight is 373 g/mol. The van der Waals surface area contributed by atoms with Crippen molar-refractivity contribution in [3.63, 3.8) is 0 Å². The fourth-order valence-corrected chi connectivity index (χ4v) is 3.11. The van der Waals surface area contributed by atoms with Gasteiger partial charge >= 0.3 is 5.97 Å². The van der Waals surface area contributed by atoms with Crippen molar-refractivity contribution in [3.8, 4) is 11.6 Å². The van der Waals surface area contributed by atoms with Crippen molar-refractivity contribution in [2.75, 3.05) is 6.61 Å². The topological polar surface area (TPSA) is 66.2 Å². The van der Waals surface area contributed by atoms with E-state index in [0.29, 0.717) is 18.2 Å². The molecule has 0 amide bonds. The van der Waals surface area contributed by atoms with Gasteiger partial charge in [-0.3, -0.25) is 0 Å². The summed E-state index contributed by atoms with van der Waals surface area (Å²) in [5.74, 6) is 0.680.